The maximum absolute atomic E-state index is 12.4. The van der Waals surface area contributed by atoms with Gasteiger partial charge in [-0.05, 0) is 32.1 Å². The number of unbranched alkanes of at least 4 members (excludes halogenated alkanes) is 23. The molecule has 0 atom stereocenters. The predicted molar refractivity (Wildman–Crippen MR) is 161 cm³/mol. The van der Waals surface area contributed by atoms with E-state index in [2.05, 4.69) is 20.8 Å². The minimum Gasteiger partial charge on any atom is -0.462 e. The van der Waals surface area contributed by atoms with E-state index in [4.69, 9.17) is 4.74 Å². The Hall–Kier alpha value is -0.530. The molecular weight excluding hydrogens is 440 g/mol. The summed E-state index contributed by atoms with van der Waals surface area (Å²) in [5.74, 6) is 0.0578. The number of carbonyl (C=O) groups excluding carboxylic acids is 1. The summed E-state index contributed by atoms with van der Waals surface area (Å²) in [4.78, 5) is 12.4. The molecule has 0 amide bonds. The lowest BCUT2D eigenvalue weighted by Gasteiger charge is -2.18. The Morgan fingerprint density at radius 2 is 0.694 bits per heavy atom. The number of hydrogen-bond donors (Lipinski definition) is 0. The topological polar surface area (TPSA) is 26.3 Å². The summed E-state index contributed by atoms with van der Waals surface area (Å²) in [5.41, 5.74) is 0. The predicted octanol–water partition coefficient (Wildman–Crippen LogP) is 12.3. The van der Waals surface area contributed by atoms with Crippen LogP contribution in [0.2, 0.25) is 0 Å². The molecule has 0 fully saturated rings. The standard InChI is InChI=1S/C34H68O2/c1-4-7-10-13-14-15-16-17-18-19-20-21-22-23-24-25-26-29-32-34(35)36-33(30-27-11-8-5-2)31-28-12-9-6-3/h33H,4-32H2,1-3H3. The van der Waals surface area contributed by atoms with Crippen molar-refractivity contribution in [1.29, 1.82) is 0 Å². The molecule has 0 aromatic heterocycles. The van der Waals surface area contributed by atoms with Gasteiger partial charge < -0.3 is 4.74 Å². The fourth-order valence-corrected chi connectivity index (χ4v) is 5.28. The monoisotopic (exact) mass is 509 g/mol. The molecule has 0 aliphatic carbocycles. The van der Waals surface area contributed by atoms with Crippen molar-refractivity contribution in [3.05, 3.63) is 0 Å². The van der Waals surface area contributed by atoms with Crippen LogP contribution >= 0.6 is 0 Å². The van der Waals surface area contributed by atoms with Gasteiger partial charge in [0.1, 0.15) is 6.10 Å². The summed E-state index contributed by atoms with van der Waals surface area (Å²) in [6.45, 7) is 6.80. The first-order valence-electron chi connectivity index (χ1n) is 16.9. The summed E-state index contributed by atoms with van der Waals surface area (Å²) in [6.07, 6.45) is 37.9. The van der Waals surface area contributed by atoms with Gasteiger partial charge in [-0.2, -0.15) is 0 Å². The molecule has 36 heavy (non-hydrogen) atoms. The van der Waals surface area contributed by atoms with E-state index in [0.29, 0.717) is 6.42 Å². The summed E-state index contributed by atoms with van der Waals surface area (Å²) < 4.78 is 5.91. The van der Waals surface area contributed by atoms with E-state index in [0.717, 1.165) is 19.3 Å². The Labute approximate surface area is 228 Å². The Bertz CT molecular complexity index is 407. The zero-order valence-electron chi connectivity index (χ0n) is 25.4. The molecule has 2 nitrogen and oxygen atoms in total. The summed E-state index contributed by atoms with van der Waals surface area (Å²) in [5, 5.41) is 0. The van der Waals surface area contributed by atoms with Crippen molar-refractivity contribution in [2.24, 2.45) is 0 Å². The third kappa shape index (κ3) is 28.0. The van der Waals surface area contributed by atoms with Gasteiger partial charge in [0.2, 0.25) is 0 Å². The van der Waals surface area contributed by atoms with E-state index < -0.39 is 0 Å². The van der Waals surface area contributed by atoms with E-state index in [9.17, 15) is 4.79 Å². The van der Waals surface area contributed by atoms with Crippen molar-refractivity contribution in [2.75, 3.05) is 0 Å². The van der Waals surface area contributed by atoms with Gasteiger partial charge in [-0.25, -0.2) is 0 Å². The highest BCUT2D eigenvalue weighted by Crippen LogP contribution is 2.18. The number of rotatable bonds is 30. The van der Waals surface area contributed by atoms with Gasteiger partial charge in [0, 0.05) is 6.42 Å². The van der Waals surface area contributed by atoms with Gasteiger partial charge in [-0.15, -0.1) is 0 Å². The van der Waals surface area contributed by atoms with E-state index in [1.807, 2.05) is 0 Å². The highest BCUT2D eigenvalue weighted by atomic mass is 16.5. The third-order valence-corrected chi connectivity index (χ3v) is 7.79. The molecule has 0 heterocycles. The van der Waals surface area contributed by atoms with Gasteiger partial charge >= 0.3 is 5.97 Å². The second-order valence-corrected chi connectivity index (χ2v) is 11.6. The first kappa shape index (κ1) is 35.5. The van der Waals surface area contributed by atoms with E-state index in [1.54, 1.807) is 0 Å². The first-order valence-corrected chi connectivity index (χ1v) is 16.9. The lowest BCUT2D eigenvalue weighted by atomic mass is 10.0. The molecule has 0 spiro atoms. The largest absolute Gasteiger partial charge is 0.462 e. The molecule has 0 unspecified atom stereocenters. The molecule has 0 radical (unpaired) electrons. The van der Waals surface area contributed by atoms with Crippen molar-refractivity contribution in [2.45, 2.75) is 213 Å². The Morgan fingerprint density at radius 3 is 1.03 bits per heavy atom. The highest BCUT2D eigenvalue weighted by molar-refractivity contribution is 5.69. The van der Waals surface area contributed by atoms with Crippen LogP contribution in [0.3, 0.4) is 0 Å². The minimum absolute atomic E-state index is 0.0578. The molecule has 216 valence electrons. The number of ether oxygens (including phenoxy) is 1. The maximum atomic E-state index is 12.4. The summed E-state index contributed by atoms with van der Waals surface area (Å²) >= 11 is 0. The molecule has 0 aromatic carbocycles. The summed E-state index contributed by atoms with van der Waals surface area (Å²) in [6, 6.07) is 0. The normalized spacial score (nSPS) is 11.4. The van der Waals surface area contributed by atoms with Gasteiger partial charge in [0.25, 0.3) is 0 Å². The van der Waals surface area contributed by atoms with E-state index >= 15 is 0 Å². The van der Waals surface area contributed by atoms with Crippen LogP contribution in [0, 0.1) is 0 Å². The molecule has 0 saturated heterocycles. The zero-order valence-corrected chi connectivity index (χ0v) is 25.4. The van der Waals surface area contributed by atoms with Crippen LogP contribution in [-0.4, -0.2) is 12.1 Å². The van der Waals surface area contributed by atoms with Crippen LogP contribution in [0.25, 0.3) is 0 Å². The molecule has 0 aromatic rings. The average Bonchev–Trinajstić information content (AvgIpc) is 2.88. The third-order valence-electron chi connectivity index (χ3n) is 7.79. The van der Waals surface area contributed by atoms with Gasteiger partial charge in [-0.1, -0.05) is 168 Å². The molecule has 2 heteroatoms. The molecule has 0 aliphatic heterocycles. The molecule has 0 aliphatic rings. The van der Waals surface area contributed by atoms with Crippen molar-refractivity contribution >= 4 is 5.97 Å². The van der Waals surface area contributed by atoms with Crippen LogP contribution in [0.1, 0.15) is 207 Å². The lowest BCUT2D eigenvalue weighted by Crippen LogP contribution is -2.18. The molecule has 0 bridgehead atoms. The average molecular weight is 509 g/mol. The quantitative estimate of drug-likeness (QED) is 0.0712. The van der Waals surface area contributed by atoms with Crippen molar-refractivity contribution < 1.29 is 9.53 Å². The molecule has 0 rings (SSSR count). The Kier molecular flexibility index (Phi) is 30.2. The highest BCUT2D eigenvalue weighted by Gasteiger charge is 2.14. The lowest BCUT2D eigenvalue weighted by molar-refractivity contribution is -0.150. The SMILES string of the molecule is CCCCCCCCCCCCCCCCCCCCC(=O)OC(CCCCCC)CCCCCC. The van der Waals surface area contributed by atoms with E-state index in [1.165, 1.54) is 161 Å². The Morgan fingerprint density at radius 1 is 0.417 bits per heavy atom. The fourth-order valence-electron chi connectivity index (χ4n) is 5.28. The van der Waals surface area contributed by atoms with Crippen molar-refractivity contribution in [3.8, 4) is 0 Å². The van der Waals surface area contributed by atoms with Crippen LogP contribution in [-0.2, 0) is 9.53 Å². The molecular formula is C34H68O2. The fraction of sp³-hybridized carbons (Fsp3) is 0.971. The number of esters is 1. The van der Waals surface area contributed by atoms with Crippen molar-refractivity contribution in [3.63, 3.8) is 0 Å². The molecule has 0 N–H and O–H groups in total. The zero-order chi connectivity index (χ0) is 26.4. The van der Waals surface area contributed by atoms with Crippen LogP contribution in [0.15, 0.2) is 0 Å². The minimum atomic E-state index is 0.0578. The van der Waals surface area contributed by atoms with Gasteiger partial charge in [0.05, 0.1) is 0 Å². The second-order valence-electron chi connectivity index (χ2n) is 11.6. The van der Waals surface area contributed by atoms with E-state index in [-0.39, 0.29) is 12.1 Å². The van der Waals surface area contributed by atoms with Crippen LogP contribution in [0.4, 0.5) is 0 Å². The first-order chi connectivity index (χ1) is 17.7. The number of carbonyl (C=O) groups is 1. The van der Waals surface area contributed by atoms with Gasteiger partial charge in [-0.3, -0.25) is 4.79 Å². The Balaban J connectivity index is 3.53. The van der Waals surface area contributed by atoms with Crippen molar-refractivity contribution in [1.82, 2.24) is 0 Å². The smallest absolute Gasteiger partial charge is 0.306 e. The summed E-state index contributed by atoms with van der Waals surface area (Å²) in [7, 11) is 0. The van der Waals surface area contributed by atoms with Crippen LogP contribution < -0.4 is 0 Å². The molecule has 0 saturated carbocycles. The maximum Gasteiger partial charge on any atom is 0.306 e. The number of hydrogen-bond acceptors (Lipinski definition) is 2. The van der Waals surface area contributed by atoms with Gasteiger partial charge in [0.15, 0.2) is 0 Å². The second kappa shape index (κ2) is 30.7. The van der Waals surface area contributed by atoms with Crippen LogP contribution in [0.5, 0.6) is 0 Å².